The number of nitrogens with zero attached hydrogens (tertiary/aromatic N) is 1. The van der Waals surface area contributed by atoms with Gasteiger partial charge < -0.3 is 15.2 Å². The average molecular weight is 581 g/mol. The van der Waals surface area contributed by atoms with E-state index in [0.717, 1.165) is 42.3 Å². The summed E-state index contributed by atoms with van der Waals surface area (Å²) >= 11 is 12.6. The lowest BCUT2D eigenvalue weighted by Gasteiger charge is -2.32. The number of esters is 1. The van der Waals surface area contributed by atoms with E-state index in [4.69, 9.17) is 27.9 Å². The molecule has 1 atom stereocenters. The van der Waals surface area contributed by atoms with Crippen molar-refractivity contribution in [2.45, 2.75) is 25.3 Å². The van der Waals surface area contributed by atoms with Crippen LogP contribution in [0.4, 0.5) is 23.7 Å². The molecule has 0 bridgehead atoms. The molecule has 12 heteroatoms. The van der Waals surface area contributed by atoms with Crippen LogP contribution in [0.5, 0.6) is 0 Å². The number of nitrogens with one attached hydrogen (secondary N) is 1. The number of ether oxygens (including phenoxy) is 1. The standard InChI is InChI=1S/C27H21Cl2F3N2O5/c1-39-26(36)21(33-25(35)23-19(31)5-2-6-20(23)32)10-13-7-8-16(22-17(28)11-14(30)12-18(22)29)24-15(13)4-3-9-34(24)27(37)38/h2,5-8,11-12,21H,3-4,9-10H2,1H3,(H,33,35)(H,37,38)/t21-/m0/s1. The molecule has 2 N–H and O–H groups in total. The quantitative estimate of drug-likeness (QED) is 0.347. The molecular weight excluding hydrogens is 560 g/mol. The van der Waals surface area contributed by atoms with Crippen molar-refractivity contribution in [3.05, 3.63) is 86.7 Å². The molecule has 0 aliphatic carbocycles. The highest BCUT2D eigenvalue weighted by Gasteiger charge is 2.32. The summed E-state index contributed by atoms with van der Waals surface area (Å²) in [4.78, 5) is 38.6. The Morgan fingerprint density at radius 3 is 2.31 bits per heavy atom. The topological polar surface area (TPSA) is 95.9 Å². The highest BCUT2D eigenvalue weighted by molar-refractivity contribution is 6.39. The van der Waals surface area contributed by atoms with E-state index in [-0.39, 0.29) is 34.3 Å². The summed E-state index contributed by atoms with van der Waals surface area (Å²) in [6, 6.07) is 6.80. The number of carbonyl (C=O) groups excluding carboxylic acids is 2. The normalized spacial score (nSPS) is 13.4. The number of hydrogen-bond donors (Lipinski definition) is 2. The highest BCUT2D eigenvalue weighted by atomic mass is 35.5. The highest BCUT2D eigenvalue weighted by Crippen LogP contribution is 2.45. The van der Waals surface area contributed by atoms with Gasteiger partial charge in [-0.05, 0) is 48.2 Å². The first-order valence-corrected chi connectivity index (χ1v) is 12.4. The van der Waals surface area contributed by atoms with Gasteiger partial charge in [-0.2, -0.15) is 0 Å². The van der Waals surface area contributed by atoms with Crippen molar-refractivity contribution in [1.82, 2.24) is 5.32 Å². The monoisotopic (exact) mass is 580 g/mol. The van der Waals surface area contributed by atoms with Crippen LogP contribution in [0.15, 0.2) is 42.5 Å². The van der Waals surface area contributed by atoms with E-state index >= 15 is 0 Å². The minimum Gasteiger partial charge on any atom is -0.467 e. The summed E-state index contributed by atoms with van der Waals surface area (Å²) in [6.45, 7) is 0.152. The number of carbonyl (C=O) groups is 3. The molecule has 0 saturated carbocycles. The predicted octanol–water partition coefficient (Wildman–Crippen LogP) is 6.02. The molecule has 0 radical (unpaired) electrons. The van der Waals surface area contributed by atoms with Crippen molar-refractivity contribution in [3.8, 4) is 11.1 Å². The van der Waals surface area contributed by atoms with Crippen LogP contribution in [0.1, 0.15) is 27.9 Å². The first-order chi connectivity index (χ1) is 18.5. The summed E-state index contributed by atoms with van der Waals surface area (Å²) in [7, 11) is 1.09. The van der Waals surface area contributed by atoms with Crippen LogP contribution in [-0.2, 0) is 22.4 Å². The predicted molar refractivity (Wildman–Crippen MR) is 139 cm³/mol. The third-order valence-electron chi connectivity index (χ3n) is 6.37. The summed E-state index contributed by atoms with van der Waals surface area (Å²) in [5.41, 5.74) is 0.941. The Kier molecular flexibility index (Phi) is 8.36. The molecule has 1 aliphatic rings. The maximum absolute atomic E-state index is 14.2. The van der Waals surface area contributed by atoms with Crippen molar-refractivity contribution >= 4 is 46.9 Å². The van der Waals surface area contributed by atoms with Gasteiger partial charge in [0.1, 0.15) is 29.1 Å². The molecule has 0 unspecified atom stereocenters. The molecule has 0 saturated heterocycles. The lowest BCUT2D eigenvalue weighted by molar-refractivity contribution is -0.142. The number of halogens is 5. The first kappa shape index (κ1) is 28.3. The molecule has 3 aromatic rings. The van der Waals surface area contributed by atoms with Crippen LogP contribution in [-0.4, -0.2) is 42.8 Å². The Labute approximate surface area is 231 Å². The number of benzene rings is 3. The van der Waals surface area contributed by atoms with Crippen molar-refractivity contribution < 1.29 is 37.4 Å². The van der Waals surface area contributed by atoms with Crippen molar-refractivity contribution in [2.75, 3.05) is 18.6 Å². The fourth-order valence-electron chi connectivity index (χ4n) is 4.68. The van der Waals surface area contributed by atoms with E-state index in [1.54, 1.807) is 6.07 Å². The van der Waals surface area contributed by atoms with Crippen LogP contribution >= 0.6 is 23.2 Å². The van der Waals surface area contributed by atoms with Gasteiger partial charge in [-0.25, -0.2) is 22.8 Å². The molecule has 0 spiro atoms. The SMILES string of the molecule is COC(=O)[C@H](Cc1ccc(-c2c(Cl)cc(F)cc2Cl)c2c1CCCN2C(=O)O)NC(=O)c1c(F)cccc1F. The third kappa shape index (κ3) is 5.67. The van der Waals surface area contributed by atoms with E-state index in [0.29, 0.717) is 29.5 Å². The lowest BCUT2D eigenvalue weighted by Crippen LogP contribution is -2.44. The van der Waals surface area contributed by atoms with Crippen molar-refractivity contribution in [1.29, 1.82) is 0 Å². The molecule has 39 heavy (non-hydrogen) atoms. The number of carboxylic acid groups (broad SMARTS) is 1. The molecule has 7 nitrogen and oxygen atoms in total. The molecule has 3 aromatic carbocycles. The van der Waals surface area contributed by atoms with Gasteiger partial charge in [0.15, 0.2) is 0 Å². The Balaban J connectivity index is 1.80. The number of hydrogen-bond acceptors (Lipinski definition) is 4. The van der Waals surface area contributed by atoms with Crippen molar-refractivity contribution in [3.63, 3.8) is 0 Å². The van der Waals surface area contributed by atoms with Crippen LogP contribution < -0.4 is 10.2 Å². The van der Waals surface area contributed by atoms with Crippen LogP contribution in [0, 0.1) is 17.5 Å². The molecular formula is C27H21Cl2F3N2O5. The minimum absolute atomic E-state index is 0.0301. The van der Waals surface area contributed by atoms with E-state index < -0.39 is 47.0 Å². The number of fused-ring (bicyclic) bond motifs is 1. The lowest BCUT2D eigenvalue weighted by atomic mass is 9.87. The molecule has 2 amide bonds. The first-order valence-electron chi connectivity index (χ1n) is 11.7. The number of anilines is 1. The largest absolute Gasteiger partial charge is 0.467 e. The summed E-state index contributed by atoms with van der Waals surface area (Å²) < 4.78 is 47.0. The Morgan fingerprint density at radius 1 is 1.08 bits per heavy atom. The van der Waals surface area contributed by atoms with Gasteiger partial charge in [0, 0.05) is 24.1 Å². The maximum atomic E-state index is 14.2. The fourth-order valence-corrected chi connectivity index (χ4v) is 5.34. The Bertz CT molecular complexity index is 1440. The second-order valence-corrected chi connectivity index (χ2v) is 9.55. The van der Waals surface area contributed by atoms with Gasteiger partial charge in [0.05, 0.1) is 22.8 Å². The fraction of sp³-hybridized carbons (Fsp3) is 0.222. The molecule has 4 rings (SSSR count). The van der Waals surface area contributed by atoms with E-state index in [9.17, 15) is 32.7 Å². The van der Waals surface area contributed by atoms with Gasteiger partial charge in [-0.1, -0.05) is 41.4 Å². The zero-order valence-electron chi connectivity index (χ0n) is 20.4. The number of rotatable bonds is 6. The number of amides is 2. The molecule has 0 fully saturated rings. The Morgan fingerprint density at radius 2 is 1.72 bits per heavy atom. The summed E-state index contributed by atoms with van der Waals surface area (Å²) in [6.07, 6.45) is -0.606. The van der Waals surface area contributed by atoms with Gasteiger partial charge in [-0.15, -0.1) is 0 Å². The second kappa shape index (κ2) is 11.5. The molecule has 204 valence electrons. The van der Waals surface area contributed by atoms with Gasteiger partial charge in [-0.3, -0.25) is 9.69 Å². The van der Waals surface area contributed by atoms with Gasteiger partial charge in [0.25, 0.3) is 5.91 Å². The van der Waals surface area contributed by atoms with Crippen molar-refractivity contribution in [2.24, 2.45) is 0 Å². The van der Waals surface area contributed by atoms with E-state index in [1.807, 2.05) is 0 Å². The smallest absolute Gasteiger partial charge is 0.411 e. The van der Waals surface area contributed by atoms with Crippen LogP contribution in [0.25, 0.3) is 11.1 Å². The van der Waals surface area contributed by atoms with E-state index in [1.165, 1.54) is 6.07 Å². The zero-order chi connectivity index (χ0) is 28.4. The summed E-state index contributed by atoms with van der Waals surface area (Å²) in [5.74, 6) is -4.93. The molecule has 1 aliphatic heterocycles. The summed E-state index contributed by atoms with van der Waals surface area (Å²) in [5, 5.41) is 12.2. The maximum Gasteiger partial charge on any atom is 0.411 e. The van der Waals surface area contributed by atoms with Gasteiger partial charge in [0.2, 0.25) is 0 Å². The zero-order valence-corrected chi connectivity index (χ0v) is 21.9. The third-order valence-corrected chi connectivity index (χ3v) is 6.97. The average Bonchev–Trinajstić information content (AvgIpc) is 2.87. The molecule has 1 heterocycles. The van der Waals surface area contributed by atoms with Crippen LogP contribution in [0.3, 0.4) is 0 Å². The van der Waals surface area contributed by atoms with E-state index in [2.05, 4.69) is 5.32 Å². The second-order valence-electron chi connectivity index (χ2n) is 8.73. The van der Waals surface area contributed by atoms with Crippen LogP contribution in [0.2, 0.25) is 10.0 Å². The Hall–Kier alpha value is -3.76. The minimum atomic E-state index is -1.37. The molecule has 0 aromatic heterocycles. The van der Waals surface area contributed by atoms with Gasteiger partial charge >= 0.3 is 12.1 Å². The number of methoxy groups -OCH3 is 1.